The molecular weight excluding hydrogens is 444 g/mol. The summed E-state index contributed by atoms with van der Waals surface area (Å²) in [5.41, 5.74) is 2.28. The van der Waals surface area contributed by atoms with Crippen LogP contribution in [0.15, 0.2) is 66.7 Å². The number of ether oxygens (including phenoxy) is 1. The third-order valence-electron chi connectivity index (χ3n) is 9.30. The number of carbonyl (C=O) groups excluding carboxylic acids is 1. The molecule has 3 aromatic carbocycles. The number of piperidine rings is 1. The van der Waals surface area contributed by atoms with Gasteiger partial charge in [0.1, 0.15) is 5.75 Å². The Labute approximate surface area is 215 Å². The first kappa shape index (κ1) is 23.5. The second-order valence-corrected chi connectivity index (χ2v) is 11.5. The van der Waals surface area contributed by atoms with Crippen LogP contribution < -0.4 is 4.74 Å². The highest BCUT2D eigenvalue weighted by atomic mass is 16.5. The Morgan fingerprint density at radius 1 is 1.00 bits per heavy atom. The molecule has 0 bridgehead atoms. The predicted molar refractivity (Wildman–Crippen MR) is 146 cm³/mol. The van der Waals surface area contributed by atoms with Crippen LogP contribution in [-0.4, -0.2) is 55.5 Å². The Kier molecular flexibility index (Phi) is 6.25. The van der Waals surface area contributed by atoms with Gasteiger partial charge in [-0.2, -0.15) is 0 Å². The average Bonchev–Trinajstić information content (AvgIpc) is 3.75. The van der Waals surface area contributed by atoms with Crippen molar-refractivity contribution in [2.75, 3.05) is 33.8 Å². The van der Waals surface area contributed by atoms with E-state index in [2.05, 4.69) is 41.3 Å². The third-order valence-corrected chi connectivity index (χ3v) is 9.30. The van der Waals surface area contributed by atoms with Gasteiger partial charge in [0.25, 0.3) is 5.91 Å². The maximum atomic E-state index is 13.7. The second-order valence-electron chi connectivity index (χ2n) is 11.5. The molecule has 3 aromatic rings. The van der Waals surface area contributed by atoms with Gasteiger partial charge in [0, 0.05) is 37.2 Å². The van der Waals surface area contributed by atoms with E-state index in [9.17, 15) is 4.79 Å². The SMILES string of the molecule is COc1cccc(C23CCN(CC4CC4)CC2CCC(N(C)C(=O)c2ccc4ccccc4c2)C3)c1. The summed E-state index contributed by atoms with van der Waals surface area (Å²) in [5, 5.41) is 2.29. The molecule has 188 valence electrons. The fraction of sp³-hybridized carbons (Fsp3) is 0.469. The topological polar surface area (TPSA) is 32.8 Å². The molecule has 1 heterocycles. The lowest BCUT2D eigenvalue weighted by molar-refractivity contribution is 0.0175. The van der Waals surface area contributed by atoms with Crippen molar-refractivity contribution in [1.82, 2.24) is 9.80 Å². The Morgan fingerprint density at radius 3 is 2.64 bits per heavy atom. The Bertz CT molecular complexity index is 1250. The molecule has 0 radical (unpaired) electrons. The van der Waals surface area contributed by atoms with Crippen molar-refractivity contribution in [2.24, 2.45) is 11.8 Å². The lowest BCUT2D eigenvalue weighted by Gasteiger charge is -2.54. The molecule has 6 rings (SSSR count). The van der Waals surface area contributed by atoms with Crippen molar-refractivity contribution >= 4 is 16.7 Å². The monoisotopic (exact) mass is 482 g/mol. The van der Waals surface area contributed by atoms with E-state index < -0.39 is 0 Å². The van der Waals surface area contributed by atoms with E-state index in [1.807, 2.05) is 42.3 Å². The van der Waals surface area contributed by atoms with Gasteiger partial charge in [0.15, 0.2) is 0 Å². The number of rotatable bonds is 6. The summed E-state index contributed by atoms with van der Waals surface area (Å²) in [6, 6.07) is 23.4. The van der Waals surface area contributed by atoms with Gasteiger partial charge in [0.05, 0.1) is 7.11 Å². The smallest absolute Gasteiger partial charge is 0.253 e. The van der Waals surface area contributed by atoms with Crippen molar-refractivity contribution in [2.45, 2.75) is 50.0 Å². The van der Waals surface area contributed by atoms with Crippen molar-refractivity contribution in [1.29, 1.82) is 0 Å². The molecule has 1 saturated heterocycles. The molecule has 1 aliphatic heterocycles. The zero-order valence-corrected chi connectivity index (χ0v) is 21.7. The molecule has 3 fully saturated rings. The van der Waals surface area contributed by atoms with E-state index >= 15 is 0 Å². The molecule has 2 saturated carbocycles. The fourth-order valence-electron chi connectivity index (χ4n) is 6.98. The van der Waals surface area contributed by atoms with Crippen LogP contribution >= 0.6 is 0 Å². The fourth-order valence-corrected chi connectivity index (χ4v) is 6.98. The molecule has 1 amide bonds. The molecule has 0 N–H and O–H groups in total. The van der Waals surface area contributed by atoms with Crippen LogP contribution in [0.25, 0.3) is 10.8 Å². The van der Waals surface area contributed by atoms with Crippen LogP contribution in [0.5, 0.6) is 5.75 Å². The minimum Gasteiger partial charge on any atom is -0.497 e. The Morgan fingerprint density at radius 2 is 1.83 bits per heavy atom. The van der Waals surface area contributed by atoms with E-state index in [-0.39, 0.29) is 17.4 Å². The molecule has 3 aliphatic rings. The second kappa shape index (κ2) is 9.55. The van der Waals surface area contributed by atoms with Crippen molar-refractivity contribution in [3.8, 4) is 5.75 Å². The van der Waals surface area contributed by atoms with Crippen LogP contribution in [0, 0.1) is 11.8 Å². The van der Waals surface area contributed by atoms with E-state index in [1.165, 1.54) is 43.3 Å². The summed E-state index contributed by atoms with van der Waals surface area (Å²) in [4.78, 5) is 18.4. The number of carbonyl (C=O) groups is 1. The van der Waals surface area contributed by atoms with Crippen LogP contribution in [-0.2, 0) is 5.41 Å². The molecule has 3 atom stereocenters. The number of benzene rings is 3. The summed E-state index contributed by atoms with van der Waals surface area (Å²) in [5.74, 6) is 2.62. The number of hydrogen-bond donors (Lipinski definition) is 0. The highest BCUT2D eigenvalue weighted by Crippen LogP contribution is 2.51. The number of likely N-dealkylation sites (tertiary alicyclic amines) is 1. The van der Waals surface area contributed by atoms with Gasteiger partial charge in [0.2, 0.25) is 0 Å². The minimum absolute atomic E-state index is 0.0927. The normalized spacial score (nSPS) is 26.4. The van der Waals surface area contributed by atoms with Crippen molar-refractivity contribution < 1.29 is 9.53 Å². The predicted octanol–water partition coefficient (Wildman–Crippen LogP) is 6.14. The number of methoxy groups -OCH3 is 1. The summed E-state index contributed by atoms with van der Waals surface area (Å²) < 4.78 is 5.63. The highest BCUT2D eigenvalue weighted by molar-refractivity contribution is 5.98. The van der Waals surface area contributed by atoms with Gasteiger partial charge in [-0.3, -0.25) is 4.79 Å². The number of hydrogen-bond acceptors (Lipinski definition) is 3. The van der Waals surface area contributed by atoms with Gasteiger partial charge in [-0.1, -0.05) is 42.5 Å². The summed E-state index contributed by atoms with van der Waals surface area (Å²) in [6.07, 6.45) is 7.24. The highest BCUT2D eigenvalue weighted by Gasteiger charge is 2.49. The number of fused-ring (bicyclic) bond motifs is 2. The zero-order chi connectivity index (χ0) is 24.7. The average molecular weight is 483 g/mol. The lowest BCUT2D eigenvalue weighted by atomic mass is 9.57. The molecule has 0 spiro atoms. The Balaban J connectivity index is 1.27. The van der Waals surface area contributed by atoms with Gasteiger partial charge >= 0.3 is 0 Å². The van der Waals surface area contributed by atoms with Gasteiger partial charge in [-0.15, -0.1) is 0 Å². The van der Waals surface area contributed by atoms with Crippen molar-refractivity contribution in [3.63, 3.8) is 0 Å². The largest absolute Gasteiger partial charge is 0.497 e. The number of amides is 1. The summed E-state index contributed by atoms with van der Waals surface area (Å²) in [7, 11) is 3.77. The first-order chi connectivity index (χ1) is 17.6. The standard InChI is InChI=1S/C32H38N2O2/c1-33(31(35)26-13-12-24-6-3-4-7-25(24)18-26)29-15-14-28-22-34(21-23-10-11-23)17-16-32(28,20-29)27-8-5-9-30(19-27)36-2/h3-9,12-13,18-19,23,28-29H,10-11,14-17,20-22H2,1-2H3. The van der Waals surface area contributed by atoms with E-state index in [0.717, 1.165) is 48.4 Å². The molecular formula is C32H38N2O2. The maximum absolute atomic E-state index is 13.7. The lowest BCUT2D eigenvalue weighted by Crippen LogP contribution is -2.56. The van der Waals surface area contributed by atoms with E-state index in [4.69, 9.17) is 4.74 Å². The molecule has 4 nitrogen and oxygen atoms in total. The molecule has 4 heteroatoms. The number of nitrogens with zero attached hydrogens (tertiary/aromatic N) is 2. The Hall–Kier alpha value is -2.85. The van der Waals surface area contributed by atoms with Crippen LogP contribution in [0.2, 0.25) is 0 Å². The van der Waals surface area contributed by atoms with Crippen LogP contribution in [0.3, 0.4) is 0 Å². The first-order valence-corrected chi connectivity index (χ1v) is 13.7. The van der Waals surface area contributed by atoms with Crippen molar-refractivity contribution in [3.05, 3.63) is 77.9 Å². The first-order valence-electron chi connectivity index (χ1n) is 13.7. The van der Waals surface area contributed by atoms with E-state index in [1.54, 1.807) is 7.11 Å². The van der Waals surface area contributed by atoms with Gasteiger partial charge in [-0.25, -0.2) is 0 Å². The third kappa shape index (κ3) is 4.41. The molecule has 3 unspecified atom stereocenters. The summed E-state index contributed by atoms with van der Waals surface area (Å²) >= 11 is 0. The minimum atomic E-state index is 0.0927. The summed E-state index contributed by atoms with van der Waals surface area (Å²) in [6.45, 7) is 3.61. The zero-order valence-electron chi connectivity index (χ0n) is 21.7. The van der Waals surface area contributed by atoms with Crippen LogP contribution in [0.1, 0.15) is 54.4 Å². The molecule has 0 aromatic heterocycles. The molecule has 2 aliphatic carbocycles. The van der Waals surface area contributed by atoms with E-state index in [0.29, 0.717) is 5.92 Å². The molecule has 36 heavy (non-hydrogen) atoms. The van der Waals surface area contributed by atoms with Gasteiger partial charge < -0.3 is 14.5 Å². The quantitative estimate of drug-likeness (QED) is 0.423. The van der Waals surface area contributed by atoms with Crippen LogP contribution in [0.4, 0.5) is 0 Å². The van der Waals surface area contributed by atoms with Gasteiger partial charge in [-0.05, 0) is 97.5 Å². The maximum Gasteiger partial charge on any atom is 0.253 e.